The van der Waals surface area contributed by atoms with Crippen LogP contribution >= 0.6 is 0 Å². The van der Waals surface area contributed by atoms with E-state index in [4.69, 9.17) is 0 Å². The maximum absolute atomic E-state index is 4.65. The van der Waals surface area contributed by atoms with Crippen molar-refractivity contribution in [3.8, 4) is 0 Å². The van der Waals surface area contributed by atoms with Gasteiger partial charge in [-0.1, -0.05) is 45.0 Å². The van der Waals surface area contributed by atoms with Crippen molar-refractivity contribution >= 4 is 5.82 Å². The number of aryl methyl sites for hydroxylation is 2. The number of hydrazine groups is 1. The molecule has 0 aliphatic carbocycles. The van der Waals surface area contributed by atoms with Crippen LogP contribution in [0.4, 0.5) is 5.82 Å². The molecule has 0 saturated carbocycles. The summed E-state index contributed by atoms with van der Waals surface area (Å²) >= 11 is 0. The van der Waals surface area contributed by atoms with E-state index >= 15 is 0 Å². The first-order valence-corrected chi connectivity index (χ1v) is 8.36. The summed E-state index contributed by atoms with van der Waals surface area (Å²) in [6.45, 7) is 14.7. The van der Waals surface area contributed by atoms with E-state index < -0.39 is 0 Å². The van der Waals surface area contributed by atoms with E-state index in [1.165, 1.54) is 16.7 Å². The van der Waals surface area contributed by atoms with Gasteiger partial charge in [-0.2, -0.15) is 0 Å². The van der Waals surface area contributed by atoms with Crippen LogP contribution in [-0.2, 0) is 12.0 Å². The number of benzene rings is 1. The number of hydrogen-bond donors (Lipinski definition) is 1. The van der Waals surface area contributed by atoms with Crippen molar-refractivity contribution in [2.45, 2.75) is 53.5 Å². The fourth-order valence-corrected chi connectivity index (χ4v) is 2.90. The zero-order valence-corrected chi connectivity index (χ0v) is 15.3. The second-order valence-corrected chi connectivity index (χ2v) is 7.13. The largest absolute Gasteiger partial charge is 0.292 e. The highest BCUT2D eigenvalue weighted by Crippen LogP contribution is 2.25. The van der Waals surface area contributed by atoms with Crippen LogP contribution in [0.2, 0.25) is 0 Å². The number of rotatable bonds is 5. The van der Waals surface area contributed by atoms with Gasteiger partial charge in [0.1, 0.15) is 5.82 Å². The van der Waals surface area contributed by atoms with Crippen molar-refractivity contribution in [1.82, 2.24) is 10.4 Å². The quantitative estimate of drug-likeness (QED) is 0.822. The number of nitrogens with zero attached hydrogens (tertiary/aromatic N) is 2. The number of aromatic nitrogens is 1. The van der Waals surface area contributed by atoms with E-state index in [-0.39, 0.29) is 5.41 Å². The van der Waals surface area contributed by atoms with Gasteiger partial charge in [0, 0.05) is 18.8 Å². The number of anilines is 1. The Bertz CT molecular complexity index is 636. The van der Waals surface area contributed by atoms with Crippen LogP contribution in [0.5, 0.6) is 0 Å². The Morgan fingerprint density at radius 3 is 2.39 bits per heavy atom. The van der Waals surface area contributed by atoms with E-state index in [9.17, 15) is 0 Å². The monoisotopic (exact) mass is 311 g/mol. The minimum Gasteiger partial charge on any atom is -0.292 e. The second-order valence-electron chi connectivity index (χ2n) is 7.13. The van der Waals surface area contributed by atoms with Crippen molar-refractivity contribution in [1.29, 1.82) is 0 Å². The van der Waals surface area contributed by atoms with E-state index in [2.05, 4.69) is 86.4 Å². The summed E-state index contributed by atoms with van der Waals surface area (Å²) in [6.07, 6.45) is 0. The lowest BCUT2D eigenvalue weighted by Gasteiger charge is -2.27. The summed E-state index contributed by atoms with van der Waals surface area (Å²) in [4.78, 5) is 4.65. The third-order valence-electron chi connectivity index (χ3n) is 3.96. The maximum Gasteiger partial charge on any atom is 0.143 e. The summed E-state index contributed by atoms with van der Waals surface area (Å²) in [5.41, 5.74) is 8.70. The SMILES string of the molecule is CCN(NCc1ccccc1C(C)(C)C)c1cc(C)cc(C)n1. The molecule has 1 aromatic heterocycles. The summed E-state index contributed by atoms with van der Waals surface area (Å²) in [7, 11) is 0. The molecule has 1 N–H and O–H groups in total. The molecule has 23 heavy (non-hydrogen) atoms. The second kappa shape index (κ2) is 7.14. The van der Waals surface area contributed by atoms with Gasteiger partial charge >= 0.3 is 0 Å². The van der Waals surface area contributed by atoms with Gasteiger partial charge in [0.15, 0.2) is 0 Å². The molecule has 0 unspecified atom stereocenters. The Kier molecular flexibility index (Phi) is 5.42. The smallest absolute Gasteiger partial charge is 0.143 e. The van der Waals surface area contributed by atoms with Gasteiger partial charge in [-0.25, -0.2) is 10.4 Å². The highest BCUT2D eigenvalue weighted by atomic mass is 15.5. The molecule has 2 rings (SSSR count). The number of pyridine rings is 1. The van der Waals surface area contributed by atoms with Crippen molar-refractivity contribution in [2.75, 3.05) is 11.6 Å². The van der Waals surface area contributed by atoms with Gasteiger partial charge in [0.05, 0.1) is 0 Å². The summed E-state index contributed by atoms with van der Waals surface area (Å²) in [6, 6.07) is 12.9. The van der Waals surface area contributed by atoms with Crippen molar-refractivity contribution < 1.29 is 0 Å². The summed E-state index contributed by atoms with van der Waals surface area (Å²) in [5.74, 6) is 0.984. The zero-order valence-electron chi connectivity index (χ0n) is 15.3. The maximum atomic E-state index is 4.65. The Hall–Kier alpha value is -1.87. The Morgan fingerprint density at radius 1 is 1.09 bits per heavy atom. The average molecular weight is 311 g/mol. The molecule has 3 nitrogen and oxygen atoms in total. The molecule has 0 saturated heterocycles. The van der Waals surface area contributed by atoms with Gasteiger partial charge in [0.25, 0.3) is 0 Å². The van der Waals surface area contributed by atoms with Crippen LogP contribution in [0.1, 0.15) is 50.1 Å². The van der Waals surface area contributed by atoms with Crippen LogP contribution < -0.4 is 10.4 Å². The molecule has 0 fully saturated rings. The van der Waals surface area contributed by atoms with Gasteiger partial charge in [-0.3, -0.25) is 5.01 Å². The summed E-state index contributed by atoms with van der Waals surface area (Å²) in [5, 5.41) is 2.12. The Morgan fingerprint density at radius 2 is 1.78 bits per heavy atom. The highest BCUT2D eigenvalue weighted by Gasteiger charge is 2.17. The average Bonchev–Trinajstić information content (AvgIpc) is 2.46. The van der Waals surface area contributed by atoms with Crippen molar-refractivity contribution in [3.05, 3.63) is 58.8 Å². The van der Waals surface area contributed by atoms with E-state index in [0.29, 0.717) is 0 Å². The molecule has 0 aliphatic heterocycles. The Balaban J connectivity index is 2.19. The standard InChI is InChI=1S/C20H29N3/c1-7-23(19-13-15(2)12-16(3)22-19)21-14-17-10-8-9-11-18(17)20(4,5)6/h8-13,21H,7,14H2,1-6H3. The molecule has 2 aromatic rings. The topological polar surface area (TPSA) is 28.2 Å². The predicted molar refractivity (Wildman–Crippen MR) is 98.7 cm³/mol. The van der Waals surface area contributed by atoms with Crippen molar-refractivity contribution in [3.63, 3.8) is 0 Å². The fraction of sp³-hybridized carbons (Fsp3) is 0.450. The zero-order chi connectivity index (χ0) is 17.0. The first-order chi connectivity index (χ1) is 10.8. The van der Waals surface area contributed by atoms with Crippen LogP contribution in [0.25, 0.3) is 0 Å². The highest BCUT2D eigenvalue weighted by molar-refractivity contribution is 5.41. The first kappa shape index (κ1) is 17.5. The normalized spacial score (nSPS) is 11.6. The minimum absolute atomic E-state index is 0.146. The molecule has 1 aromatic carbocycles. The predicted octanol–water partition coefficient (Wildman–Crippen LogP) is 4.53. The van der Waals surface area contributed by atoms with Crippen LogP contribution in [-0.4, -0.2) is 11.5 Å². The third kappa shape index (κ3) is 4.55. The molecule has 0 bridgehead atoms. The van der Waals surface area contributed by atoms with Crippen molar-refractivity contribution in [2.24, 2.45) is 0 Å². The van der Waals surface area contributed by atoms with Crippen LogP contribution in [0.3, 0.4) is 0 Å². The van der Waals surface area contributed by atoms with Crippen LogP contribution in [0, 0.1) is 13.8 Å². The minimum atomic E-state index is 0.146. The fourth-order valence-electron chi connectivity index (χ4n) is 2.90. The molecular weight excluding hydrogens is 282 g/mol. The van der Waals surface area contributed by atoms with E-state index in [1.807, 2.05) is 6.92 Å². The molecule has 124 valence electrons. The molecule has 0 amide bonds. The lowest BCUT2D eigenvalue weighted by atomic mass is 9.84. The molecule has 0 atom stereocenters. The molecular formula is C20H29N3. The molecule has 0 radical (unpaired) electrons. The lowest BCUT2D eigenvalue weighted by molar-refractivity contribution is 0.566. The van der Waals surface area contributed by atoms with Gasteiger partial charge in [0.2, 0.25) is 0 Å². The van der Waals surface area contributed by atoms with Gasteiger partial charge in [-0.15, -0.1) is 0 Å². The number of nitrogens with one attached hydrogen (secondary N) is 1. The molecule has 1 heterocycles. The van der Waals surface area contributed by atoms with Gasteiger partial charge < -0.3 is 0 Å². The third-order valence-corrected chi connectivity index (χ3v) is 3.96. The summed E-state index contributed by atoms with van der Waals surface area (Å²) < 4.78 is 0. The van der Waals surface area contributed by atoms with Gasteiger partial charge in [-0.05, 0) is 55.0 Å². The first-order valence-electron chi connectivity index (χ1n) is 8.36. The lowest BCUT2D eigenvalue weighted by Crippen LogP contribution is -2.38. The Labute approximate surface area is 140 Å². The number of hydrogen-bond acceptors (Lipinski definition) is 3. The molecule has 0 aliphatic rings. The van der Waals surface area contributed by atoms with E-state index in [1.54, 1.807) is 0 Å². The molecule has 3 heteroatoms. The van der Waals surface area contributed by atoms with Crippen LogP contribution in [0.15, 0.2) is 36.4 Å². The van der Waals surface area contributed by atoms with E-state index in [0.717, 1.165) is 24.6 Å². The molecule has 0 spiro atoms.